The first kappa shape index (κ1) is 55.4. The van der Waals surface area contributed by atoms with Gasteiger partial charge in [-0.2, -0.15) is 0 Å². The highest BCUT2D eigenvalue weighted by atomic mass is 31.1. The van der Waals surface area contributed by atoms with Crippen LogP contribution >= 0.6 is 8.58 Å². The van der Waals surface area contributed by atoms with E-state index in [1.807, 2.05) is 0 Å². The van der Waals surface area contributed by atoms with Gasteiger partial charge in [0.15, 0.2) is 0 Å². The fraction of sp³-hybridized carbons (Fsp3) is 1.00. The molecule has 0 aromatic rings. The van der Waals surface area contributed by atoms with E-state index < -0.39 is 0 Å². The third-order valence-electron chi connectivity index (χ3n) is 12.9. The second-order valence-corrected chi connectivity index (χ2v) is 20.2. The summed E-state index contributed by atoms with van der Waals surface area (Å²) in [5.41, 5.74) is 0. The van der Waals surface area contributed by atoms with Gasteiger partial charge in [0.1, 0.15) is 0 Å². The summed E-state index contributed by atoms with van der Waals surface area (Å²) in [6.45, 7) is 4.63. The molecule has 0 saturated heterocycles. The maximum absolute atomic E-state index is 2.31. The Morgan fingerprint density at radius 2 is 0.255 bits per heavy atom. The van der Waals surface area contributed by atoms with E-state index in [1.54, 1.807) is 0 Å². The summed E-state index contributed by atoms with van der Waals surface area (Å²) in [6.07, 6.45) is 77.5. The van der Waals surface area contributed by atoms with Gasteiger partial charge in [-0.1, -0.05) is 322 Å². The van der Waals surface area contributed by atoms with E-state index in [1.165, 1.54) is 342 Å². The van der Waals surface area contributed by atoms with Gasteiger partial charge >= 0.3 is 0 Å². The third kappa shape index (κ3) is 54.4. The monoisotopic (exact) mass is 791 g/mol. The van der Waals surface area contributed by atoms with Crippen LogP contribution in [0.1, 0.15) is 335 Å². The zero-order chi connectivity index (χ0) is 39.5. The first-order chi connectivity index (χ1) is 27.4. The zero-order valence-electron chi connectivity index (χ0n) is 39.3. The van der Waals surface area contributed by atoms with Gasteiger partial charge < -0.3 is 0 Å². The molecule has 1 heteroatoms. The Morgan fingerprint density at radius 3 is 0.382 bits per heavy atom. The first-order valence-electron chi connectivity index (χ1n) is 27.1. The molecule has 0 aromatic heterocycles. The summed E-state index contributed by atoms with van der Waals surface area (Å²) in [6, 6.07) is 0. The summed E-state index contributed by atoms with van der Waals surface area (Å²) >= 11 is 0. The van der Waals surface area contributed by atoms with Crippen molar-refractivity contribution in [1.82, 2.24) is 0 Å². The van der Waals surface area contributed by atoms with Crippen LogP contribution in [0.4, 0.5) is 0 Å². The molecule has 0 bridgehead atoms. The normalized spacial score (nSPS) is 11.7. The molecule has 0 N–H and O–H groups in total. The average molecular weight is 791 g/mol. The predicted octanol–water partition coefficient (Wildman–Crippen LogP) is 21.2. The standard InChI is InChI=1S/C54H111P/c1-3-5-7-9-11-13-15-17-19-21-23-25-27-29-31-33-35-37-39-41-43-45-47-49-51-53-55-54-52-50-48-46-44-42-40-38-36-34-32-30-28-26-24-22-20-18-16-14-12-10-8-6-4-2/h55H,3-54H2,1-2H3. The summed E-state index contributed by atoms with van der Waals surface area (Å²) < 4.78 is 0. The lowest BCUT2D eigenvalue weighted by Gasteiger charge is -2.05. The molecular formula is C54H111P. The molecule has 0 aliphatic carbocycles. The highest BCUT2D eigenvalue weighted by Crippen LogP contribution is 2.20. The van der Waals surface area contributed by atoms with E-state index in [4.69, 9.17) is 0 Å². The van der Waals surface area contributed by atoms with Crippen molar-refractivity contribution >= 4 is 8.58 Å². The smallest absolute Gasteiger partial charge is 0.0353 e. The Morgan fingerprint density at radius 1 is 0.145 bits per heavy atom. The molecule has 0 nitrogen and oxygen atoms in total. The molecule has 0 rings (SSSR count). The van der Waals surface area contributed by atoms with E-state index in [9.17, 15) is 0 Å². The van der Waals surface area contributed by atoms with Gasteiger partial charge in [0.2, 0.25) is 0 Å². The van der Waals surface area contributed by atoms with Crippen LogP contribution in [0.15, 0.2) is 0 Å². The molecule has 0 aliphatic rings. The lowest BCUT2D eigenvalue weighted by Crippen LogP contribution is -1.86. The second-order valence-electron chi connectivity index (χ2n) is 18.7. The molecule has 0 atom stereocenters. The van der Waals surface area contributed by atoms with Crippen LogP contribution in [-0.2, 0) is 0 Å². The number of rotatable bonds is 52. The lowest BCUT2D eigenvalue weighted by atomic mass is 10.0. The Labute approximate surface area is 354 Å². The molecule has 0 saturated carbocycles. The van der Waals surface area contributed by atoms with Crippen LogP contribution in [0.25, 0.3) is 0 Å². The number of hydrogen-bond acceptors (Lipinski definition) is 0. The van der Waals surface area contributed by atoms with Crippen molar-refractivity contribution in [2.45, 2.75) is 335 Å². The van der Waals surface area contributed by atoms with Gasteiger partial charge in [-0.25, -0.2) is 0 Å². The predicted molar refractivity (Wildman–Crippen MR) is 260 cm³/mol. The minimum absolute atomic E-state index is 1.25. The molecule has 0 amide bonds. The number of unbranched alkanes of at least 4 members (excludes halogenated alkanes) is 48. The minimum Gasteiger partial charge on any atom is -0.122 e. The maximum Gasteiger partial charge on any atom is -0.0353 e. The topological polar surface area (TPSA) is 0 Å². The van der Waals surface area contributed by atoms with E-state index in [0.717, 1.165) is 0 Å². The molecule has 0 unspecified atom stereocenters. The largest absolute Gasteiger partial charge is 0.122 e. The van der Waals surface area contributed by atoms with E-state index in [-0.39, 0.29) is 0 Å². The molecule has 0 spiro atoms. The van der Waals surface area contributed by atoms with Crippen molar-refractivity contribution in [1.29, 1.82) is 0 Å². The molecule has 55 heavy (non-hydrogen) atoms. The average Bonchev–Trinajstić information content (AvgIpc) is 3.20. The van der Waals surface area contributed by atoms with Crippen LogP contribution in [0, 0.1) is 0 Å². The van der Waals surface area contributed by atoms with Crippen molar-refractivity contribution in [3.8, 4) is 0 Å². The summed E-state index contributed by atoms with van der Waals surface area (Å²) in [5.74, 6) is 0. The Balaban J connectivity index is 3.05. The van der Waals surface area contributed by atoms with Gasteiger partial charge in [-0.3, -0.25) is 0 Å². The molecule has 0 aromatic carbocycles. The van der Waals surface area contributed by atoms with Crippen molar-refractivity contribution in [2.75, 3.05) is 12.3 Å². The van der Waals surface area contributed by atoms with Gasteiger partial charge in [-0.15, -0.1) is 8.58 Å². The van der Waals surface area contributed by atoms with E-state index in [2.05, 4.69) is 13.8 Å². The third-order valence-corrected chi connectivity index (χ3v) is 14.3. The quantitative estimate of drug-likeness (QED) is 0.0425. The summed E-state index contributed by atoms with van der Waals surface area (Å²) in [7, 11) is 1.25. The Hall–Kier alpha value is 0.430. The van der Waals surface area contributed by atoms with Crippen LogP contribution in [0.2, 0.25) is 0 Å². The fourth-order valence-electron chi connectivity index (χ4n) is 8.90. The molecule has 0 aliphatic heterocycles. The van der Waals surface area contributed by atoms with Gasteiger partial charge in [0, 0.05) is 0 Å². The summed E-state index contributed by atoms with van der Waals surface area (Å²) in [5, 5.41) is 0. The van der Waals surface area contributed by atoms with Crippen molar-refractivity contribution in [3.63, 3.8) is 0 Å². The number of hydrogen-bond donors (Lipinski definition) is 0. The highest BCUT2D eigenvalue weighted by Gasteiger charge is 1.99. The fourth-order valence-corrected chi connectivity index (χ4v) is 10.2. The molecule has 0 radical (unpaired) electrons. The van der Waals surface area contributed by atoms with E-state index >= 15 is 0 Å². The lowest BCUT2D eigenvalue weighted by molar-refractivity contribution is 0.517. The minimum atomic E-state index is 1.25. The maximum atomic E-state index is 2.31. The Kier molecular flexibility index (Phi) is 54.9. The van der Waals surface area contributed by atoms with Crippen LogP contribution in [0.3, 0.4) is 0 Å². The van der Waals surface area contributed by atoms with E-state index in [0.29, 0.717) is 0 Å². The highest BCUT2D eigenvalue weighted by molar-refractivity contribution is 7.37. The first-order valence-corrected chi connectivity index (χ1v) is 28.5. The van der Waals surface area contributed by atoms with Gasteiger partial charge in [-0.05, 0) is 25.2 Å². The van der Waals surface area contributed by atoms with Crippen molar-refractivity contribution in [2.24, 2.45) is 0 Å². The Bertz CT molecular complexity index is 562. The van der Waals surface area contributed by atoms with Crippen LogP contribution < -0.4 is 0 Å². The SMILES string of the molecule is CCCCCCCCCCCCCCCCCCCCCCCCCCCPCCCCCCCCCCCCCCCCCCCCCCCCCCC. The zero-order valence-corrected chi connectivity index (χ0v) is 40.3. The van der Waals surface area contributed by atoms with Crippen LogP contribution in [-0.4, -0.2) is 12.3 Å². The molecule has 332 valence electrons. The molecule has 0 fully saturated rings. The van der Waals surface area contributed by atoms with Crippen LogP contribution in [0.5, 0.6) is 0 Å². The van der Waals surface area contributed by atoms with Crippen molar-refractivity contribution in [3.05, 3.63) is 0 Å². The molecular weight excluding hydrogens is 680 g/mol. The molecule has 0 heterocycles. The van der Waals surface area contributed by atoms with Crippen molar-refractivity contribution < 1.29 is 0 Å². The second kappa shape index (κ2) is 54.4. The summed E-state index contributed by atoms with van der Waals surface area (Å²) in [4.78, 5) is 0. The van der Waals surface area contributed by atoms with Gasteiger partial charge in [0.25, 0.3) is 0 Å². The van der Waals surface area contributed by atoms with Gasteiger partial charge in [0.05, 0.1) is 0 Å².